The number of piperazine rings is 1. The number of hydrogen-bond acceptors (Lipinski definition) is 6. The number of anilines is 1. The molecule has 2 aromatic heterocycles. The Bertz CT molecular complexity index is 678. The standard InChI is InChI=1S/C17H24N4O4/c1-12-16(13(2)25-19-12)18-17(23)21-7-6-20(14(10-21)5-8-22)11-15-4-3-9-24-15/h3-4,9,14,22H,5-8,10-11H2,1-2H3,(H,18,23)/t14-/m1/s1. The van der Waals surface area contributed by atoms with Crippen molar-refractivity contribution in [1.82, 2.24) is 15.0 Å². The molecule has 136 valence electrons. The zero-order valence-electron chi connectivity index (χ0n) is 14.6. The third-order valence-corrected chi connectivity index (χ3v) is 4.56. The van der Waals surface area contributed by atoms with Gasteiger partial charge in [0.2, 0.25) is 0 Å². The molecule has 1 fully saturated rings. The minimum absolute atomic E-state index is 0.0820. The van der Waals surface area contributed by atoms with Crippen molar-refractivity contribution in [3.8, 4) is 0 Å². The van der Waals surface area contributed by atoms with Gasteiger partial charge in [-0.15, -0.1) is 0 Å². The summed E-state index contributed by atoms with van der Waals surface area (Å²) in [7, 11) is 0. The van der Waals surface area contributed by atoms with Gasteiger partial charge in [0, 0.05) is 32.3 Å². The Labute approximate surface area is 146 Å². The highest BCUT2D eigenvalue weighted by molar-refractivity contribution is 5.90. The molecule has 0 unspecified atom stereocenters. The number of carbonyl (C=O) groups excluding carboxylic acids is 1. The number of amides is 2. The minimum Gasteiger partial charge on any atom is -0.468 e. The molecule has 2 amide bonds. The van der Waals surface area contributed by atoms with Gasteiger partial charge in [-0.25, -0.2) is 4.79 Å². The van der Waals surface area contributed by atoms with Crippen molar-refractivity contribution < 1.29 is 18.8 Å². The van der Waals surface area contributed by atoms with Crippen molar-refractivity contribution in [3.05, 3.63) is 35.6 Å². The molecule has 0 radical (unpaired) electrons. The van der Waals surface area contributed by atoms with Crippen LogP contribution in [0.15, 0.2) is 27.3 Å². The van der Waals surface area contributed by atoms with E-state index in [1.165, 1.54) is 0 Å². The number of aliphatic hydroxyl groups is 1. The zero-order chi connectivity index (χ0) is 17.8. The Morgan fingerprint density at radius 3 is 2.92 bits per heavy atom. The molecule has 25 heavy (non-hydrogen) atoms. The summed E-state index contributed by atoms with van der Waals surface area (Å²) in [4.78, 5) is 16.6. The normalized spacial score (nSPS) is 18.5. The van der Waals surface area contributed by atoms with Crippen molar-refractivity contribution >= 4 is 11.7 Å². The Balaban J connectivity index is 1.63. The van der Waals surface area contributed by atoms with Crippen molar-refractivity contribution in [2.45, 2.75) is 32.9 Å². The highest BCUT2D eigenvalue weighted by Gasteiger charge is 2.30. The largest absolute Gasteiger partial charge is 0.468 e. The van der Waals surface area contributed by atoms with Crippen LogP contribution < -0.4 is 5.32 Å². The summed E-state index contributed by atoms with van der Waals surface area (Å²) in [5.74, 6) is 1.48. The fraction of sp³-hybridized carbons (Fsp3) is 0.529. The van der Waals surface area contributed by atoms with Crippen molar-refractivity contribution in [1.29, 1.82) is 0 Å². The van der Waals surface area contributed by atoms with Crippen LogP contribution >= 0.6 is 0 Å². The van der Waals surface area contributed by atoms with E-state index in [2.05, 4.69) is 15.4 Å². The second kappa shape index (κ2) is 7.71. The maximum Gasteiger partial charge on any atom is 0.322 e. The number of aromatic nitrogens is 1. The Morgan fingerprint density at radius 2 is 2.28 bits per heavy atom. The Kier molecular flexibility index (Phi) is 5.40. The smallest absolute Gasteiger partial charge is 0.322 e. The van der Waals surface area contributed by atoms with Gasteiger partial charge < -0.3 is 24.3 Å². The quantitative estimate of drug-likeness (QED) is 0.858. The van der Waals surface area contributed by atoms with Crippen LogP contribution in [0.1, 0.15) is 23.6 Å². The van der Waals surface area contributed by atoms with Gasteiger partial charge in [-0.1, -0.05) is 5.16 Å². The molecule has 3 rings (SSSR count). The van der Waals surface area contributed by atoms with Crippen LogP contribution in [0.25, 0.3) is 0 Å². The number of hydrogen-bond donors (Lipinski definition) is 2. The topological polar surface area (TPSA) is 95.0 Å². The highest BCUT2D eigenvalue weighted by atomic mass is 16.5. The number of aryl methyl sites for hydroxylation is 2. The van der Waals surface area contributed by atoms with Crippen LogP contribution in [0.2, 0.25) is 0 Å². The second-order valence-corrected chi connectivity index (χ2v) is 6.29. The van der Waals surface area contributed by atoms with E-state index in [0.717, 1.165) is 12.3 Å². The van der Waals surface area contributed by atoms with Gasteiger partial charge in [0.25, 0.3) is 0 Å². The van der Waals surface area contributed by atoms with Gasteiger partial charge >= 0.3 is 6.03 Å². The summed E-state index contributed by atoms with van der Waals surface area (Å²) in [6, 6.07) is 3.71. The zero-order valence-corrected chi connectivity index (χ0v) is 14.6. The predicted molar refractivity (Wildman–Crippen MR) is 91.2 cm³/mol. The molecule has 2 N–H and O–H groups in total. The molecule has 1 aliphatic rings. The molecule has 1 atom stereocenters. The number of urea groups is 1. The first kappa shape index (κ1) is 17.5. The van der Waals surface area contributed by atoms with Crippen LogP contribution in [-0.4, -0.2) is 58.4 Å². The number of carbonyl (C=O) groups is 1. The molecule has 1 aliphatic heterocycles. The lowest BCUT2D eigenvalue weighted by Crippen LogP contribution is -2.55. The van der Waals surface area contributed by atoms with Crippen LogP contribution in [0, 0.1) is 13.8 Å². The first-order chi connectivity index (χ1) is 12.1. The lowest BCUT2D eigenvalue weighted by molar-refractivity contribution is 0.0669. The third kappa shape index (κ3) is 4.02. The summed E-state index contributed by atoms with van der Waals surface area (Å²) < 4.78 is 10.5. The fourth-order valence-electron chi connectivity index (χ4n) is 3.16. The van der Waals surface area contributed by atoms with Gasteiger partial charge in [-0.3, -0.25) is 4.90 Å². The molecule has 8 heteroatoms. The van der Waals surface area contributed by atoms with E-state index in [0.29, 0.717) is 43.2 Å². The first-order valence-corrected chi connectivity index (χ1v) is 8.44. The predicted octanol–water partition coefficient (Wildman–Crippen LogP) is 1.99. The minimum atomic E-state index is -0.171. The van der Waals surface area contributed by atoms with Gasteiger partial charge in [-0.05, 0) is 32.4 Å². The molecule has 3 heterocycles. The molecule has 0 saturated carbocycles. The van der Waals surface area contributed by atoms with Gasteiger partial charge in [0.1, 0.15) is 17.1 Å². The van der Waals surface area contributed by atoms with Crippen molar-refractivity contribution in [2.75, 3.05) is 31.6 Å². The lowest BCUT2D eigenvalue weighted by Gasteiger charge is -2.40. The molecule has 1 saturated heterocycles. The van der Waals surface area contributed by atoms with E-state index in [1.54, 1.807) is 25.0 Å². The summed E-state index contributed by atoms with van der Waals surface area (Å²) in [6.07, 6.45) is 2.26. The third-order valence-electron chi connectivity index (χ3n) is 4.56. The highest BCUT2D eigenvalue weighted by Crippen LogP contribution is 2.21. The molecule has 0 bridgehead atoms. The summed E-state index contributed by atoms with van der Waals surface area (Å²) in [6.45, 7) is 6.21. The Hall–Kier alpha value is -2.32. The van der Waals surface area contributed by atoms with Crippen molar-refractivity contribution in [3.63, 3.8) is 0 Å². The van der Waals surface area contributed by atoms with E-state index >= 15 is 0 Å². The van der Waals surface area contributed by atoms with Crippen LogP contribution in [0.5, 0.6) is 0 Å². The number of furan rings is 1. The summed E-state index contributed by atoms with van der Waals surface area (Å²) >= 11 is 0. The first-order valence-electron chi connectivity index (χ1n) is 8.44. The van der Waals surface area contributed by atoms with Crippen LogP contribution in [0.4, 0.5) is 10.5 Å². The number of nitrogens with zero attached hydrogens (tertiary/aromatic N) is 3. The van der Waals surface area contributed by atoms with E-state index in [9.17, 15) is 9.90 Å². The van der Waals surface area contributed by atoms with Gasteiger partial charge in [0.05, 0.1) is 12.8 Å². The average Bonchev–Trinajstić information content (AvgIpc) is 3.22. The van der Waals surface area contributed by atoms with E-state index < -0.39 is 0 Å². The van der Waals surface area contributed by atoms with Crippen molar-refractivity contribution in [2.24, 2.45) is 0 Å². The molecule has 0 aromatic carbocycles. The van der Waals surface area contributed by atoms with Gasteiger partial charge in [0.15, 0.2) is 5.76 Å². The lowest BCUT2D eigenvalue weighted by atomic mass is 10.1. The summed E-state index contributed by atoms with van der Waals surface area (Å²) in [5, 5.41) is 16.1. The SMILES string of the molecule is Cc1noc(C)c1NC(=O)N1CCN(Cc2ccco2)[C@H](CCO)C1. The molecular weight excluding hydrogens is 324 g/mol. The maximum absolute atomic E-state index is 12.6. The van der Waals surface area contributed by atoms with E-state index in [-0.39, 0.29) is 18.7 Å². The summed E-state index contributed by atoms with van der Waals surface area (Å²) in [5.41, 5.74) is 1.29. The molecule has 8 nitrogen and oxygen atoms in total. The number of rotatable bonds is 5. The molecule has 2 aromatic rings. The van der Waals surface area contributed by atoms with E-state index in [1.807, 2.05) is 12.1 Å². The average molecular weight is 348 g/mol. The molecule has 0 aliphatic carbocycles. The maximum atomic E-state index is 12.6. The van der Waals surface area contributed by atoms with E-state index in [4.69, 9.17) is 8.94 Å². The fourth-order valence-corrected chi connectivity index (χ4v) is 3.16. The van der Waals surface area contributed by atoms with Crippen LogP contribution in [0.3, 0.4) is 0 Å². The number of nitrogens with one attached hydrogen (secondary N) is 1. The monoisotopic (exact) mass is 348 g/mol. The van der Waals surface area contributed by atoms with Crippen LogP contribution in [-0.2, 0) is 6.54 Å². The van der Waals surface area contributed by atoms with Gasteiger partial charge in [-0.2, -0.15) is 0 Å². The number of aliphatic hydroxyl groups excluding tert-OH is 1. The molecule has 0 spiro atoms. The Morgan fingerprint density at radius 1 is 1.44 bits per heavy atom. The molecular formula is C17H24N4O4. The second-order valence-electron chi connectivity index (χ2n) is 6.29.